The zero-order valence-corrected chi connectivity index (χ0v) is 23.1. The van der Waals surface area contributed by atoms with Gasteiger partial charge in [0, 0.05) is 45.3 Å². The van der Waals surface area contributed by atoms with E-state index in [2.05, 4.69) is 52.7 Å². The van der Waals surface area contributed by atoms with E-state index in [1.54, 1.807) is 0 Å². The number of unbranched alkanes of at least 4 members (excludes halogenated alkanes) is 1. The van der Waals surface area contributed by atoms with E-state index in [9.17, 15) is 9.00 Å². The van der Waals surface area contributed by atoms with E-state index in [0.717, 1.165) is 69.7 Å². The van der Waals surface area contributed by atoms with Gasteiger partial charge in [-0.25, -0.2) is 13.7 Å². The Morgan fingerprint density at radius 1 is 1.08 bits per heavy atom. The van der Waals surface area contributed by atoms with Crippen LogP contribution in [0.5, 0.6) is 11.5 Å². The summed E-state index contributed by atoms with van der Waals surface area (Å²) in [7, 11) is 0. The Balaban J connectivity index is 1.47. The minimum atomic E-state index is -2.02. The van der Waals surface area contributed by atoms with E-state index in [-0.39, 0.29) is 6.03 Å². The summed E-state index contributed by atoms with van der Waals surface area (Å²) in [5, 5.41) is 3.11. The molecular formula is C28H42N4O4S. The molecule has 1 saturated heterocycles. The van der Waals surface area contributed by atoms with Crippen molar-refractivity contribution >= 4 is 17.3 Å². The molecule has 2 amide bonds. The van der Waals surface area contributed by atoms with Crippen LogP contribution in [0.1, 0.15) is 57.6 Å². The SMILES string of the molecule is CCCCN(C(=O)NCC(C)C)C1CCN(Cc2ccc(Oc3ccc(CNS(=O)O)cc3)cc2)CC1. The zero-order chi connectivity index (χ0) is 26.6. The van der Waals surface area contributed by atoms with Gasteiger partial charge in [0.1, 0.15) is 11.5 Å². The van der Waals surface area contributed by atoms with Gasteiger partial charge in [-0.3, -0.25) is 9.45 Å². The number of hydrogen-bond acceptors (Lipinski definition) is 4. The molecule has 0 aliphatic carbocycles. The van der Waals surface area contributed by atoms with Crippen LogP contribution in [0.2, 0.25) is 0 Å². The first-order valence-corrected chi connectivity index (χ1v) is 14.4. The zero-order valence-electron chi connectivity index (χ0n) is 22.3. The maximum absolute atomic E-state index is 12.8. The molecule has 0 radical (unpaired) electrons. The number of nitrogens with one attached hydrogen (secondary N) is 2. The summed E-state index contributed by atoms with van der Waals surface area (Å²) < 4.78 is 28.0. The second-order valence-corrected chi connectivity index (χ2v) is 10.9. The minimum Gasteiger partial charge on any atom is -0.457 e. The van der Waals surface area contributed by atoms with Crippen molar-refractivity contribution in [1.29, 1.82) is 0 Å². The summed E-state index contributed by atoms with van der Waals surface area (Å²) in [6.07, 6.45) is 4.12. The first-order chi connectivity index (χ1) is 17.8. The lowest BCUT2D eigenvalue weighted by atomic mass is 10.0. The van der Waals surface area contributed by atoms with E-state index >= 15 is 0 Å². The Morgan fingerprint density at radius 3 is 2.22 bits per heavy atom. The van der Waals surface area contributed by atoms with Crippen molar-refractivity contribution in [2.75, 3.05) is 26.2 Å². The Bertz CT molecular complexity index is 977. The van der Waals surface area contributed by atoms with Crippen LogP contribution >= 0.6 is 0 Å². The van der Waals surface area contributed by atoms with Crippen LogP contribution < -0.4 is 14.8 Å². The number of carbonyl (C=O) groups is 1. The van der Waals surface area contributed by atoms with E-state index in [1.807, 2.05) is 36.4 Å². The highest BCUT2D eigenvalue weighted by molar-refractivity contribution is 7.77. The quantitative estimate of drug-likeness (QED) is 0.312. The van der Waals surface area contributed by atoms with Gasteiger partial charge in [-0.05, 0) is 60.6 Å². The predicted molar refractivity (Wildman–Crippen MR) is 149 cm³/mol. The van der Waals surface area contributed by atoms with Gasteiger partial charge in [0.15, 0.2) is 0 Å². The summed E-state index contributed by atoms with van der Waals surface area (Å²) in [6.45, 7) is 11.1. The molecule has 3 rings (SSSR count). The lowest BCUT2D eigenvalue weighted by molar-refractivity contribution is 0.116. The van der Waals surface area contributed by atoms with E-state index < -0.39 is 11.3 Å². The molecule has 0 aromatic heterocycles. The van der Waals surface area contributed by atoms with Crippen LogP contribution in [0.25, 0.3) is 0 Å². The third kappa shape index (κ3) is 10.1. The highest BCUT2D eigenvalue weighted by Gasteiger charge is 2.27. The van der Waals surface area contributed by atoms with Gasteiger partial charge in [0.25, 0.3) is 0 Å². The number of piperidine rings is 1. The van der Waals surface area contributed by atoms with Gasteiger partial charge < -0.3 is 15.0 Å². The molecule has 1 atom stereocenters. The number of likely N-dealkylation sites (tertiary alicyclic amines) is 1. The van der Waals surface area contributed by atoms with Gasteiger partial charge in [-0.1, -0.05) is 51.5 Å². The van der Waals surface area contributed by atoms with Crippen molar-refractivity contribution in [3.8, 4) is 11.5 Å². The maximum atomic E-state index is 12.8. The minimum absolute atomic E-state index is 0.0871. The monoisotopic (exact) mass is 530 g/mol. The number of urea groups is 1. The lowest BCUT2D eigenvalue weighted by Gasteiger charge is -2.38. The van der Waals surface area contributed by atoms with Gasteiger partial charge in [0.05, 0.1) is 0 Å². The fraction of sp³-hybridized carbons (Fsp3) is 0.536. The van der Waals surface area contributed by atoms with Crippen LogP contribution in [-0.2, 0) is 24.4 Å². The molecule has 2 aromatic carbocycles. The molecule has 204 valence electrons. The molecule has 2 aromatic rings. The number of carbonyl (C=O) groups excluding carboxylic acids is 1. The molecule has 0 bridgehead atoms. The molecule has 3 N–H and O–H groups in total. The molecule has 9 heteroatoms. The van der Waals surface area contributed by atoms with Crippen molar-refractivity contribution in [1.82, 2.24) is 19.8 Å². The molecule has 1 aliphatic rings. The molecule has 1 fully saturated rings. The molecule has 1 unspecified atom stereocenters. The molecule has 37 heavy (non-hydrogen) atoms. The van der Waals surface area contributed by atoms with Crippen molar-refractivity contribution in [2.45, 2.75) is 65.6 Å². The fourth-order valence-electron chi connectivity index (χ4n) is 4.44. The second-order valence-electron chi connectivity index (χ2n) is 10.1. The topological polar surface area (TPSA) is 94.1 Å². The lowest BCUT2D eigenvalue weighted by Crippen LogP contribution is -2.51. The summed E-state index contributed by atoms with van der Waals surface area (Å²) in [4.78, 5) is 17.4. The van der Waals surface area contributed by atoms with Crippen molar-refractivity contribution in [3.63, 3.8) is 0 Å². The predicted octanol–water partition coefficient (Wildman–Crippen LogP) is 5.14. The summed E-state index contributed by atoms with van der Waals surface area (Å²) in [6, 6.07) is 16.0. The molecule has 1 heterocycles. The number of hydrogen-bond donors (Lipinski definition) is 3. The van der Waals surface area contributed by atoms with Crippen molar-refractivity contribution in [3.05, 3.63) is 59.7 Å². The Hall–Kier alpha value is -2.46. The molecule has 8 nitrogen and oxygen atoms in total. The van der Waals surface area contributed by atoms with Gasteiger partial charge >= 0.3 is 6.03 Å². The molecule has 0 spiro atoms. The molecule has 0 saturated carbocycles. The summed E-state index contributed by atoms with van der Waals surface area (Å²) >= 11 is -2.02. The normalized spacial score (nSPS) is 15.5. The Labute approximate surface area is 224 Å². The Kier molecular flexibility index (Phi) is 11.9. The van der Waals surface area contributed by atoms with Gasteiger partial charge in [-0.2, -0.15) is 0 Å². The van der Waals surface area contributed by atoms with Gasteiger partial charge in [-0.15, -0.1) is 0 Å². The third-order valence-corrected chi connectivity index (χ3v) is 6.95. The van der Waals surface area contributed by atoms with Crippen molar-refractivity contribution in [2.24, 2.45) is 5.92 Å². The fourth-order valence-corrected chi connectivity index (χ4v) is 4.73. The van der Waals surface area contributed by atoms with Crippen LogP contribution in [0.3, 0.4) is 0 Å². The van der Waals surface area contributed by atoms with Crippen molar-refractivity contribution < 1.29 is 18.3 Å². The van der Waals surface area contributed by atoms with Crippen LogP contribution in [0.4, 0.5) is 4.79 Å². The molecule has 1 aliphatic heterocycles. The first kappa shape index (κ1) is 29.1. The standard InChI is InChI=1S/C28H42N4O4S/c1-4-5-16-32(28(33)29-19-22(2)3)25-14-17-31(18-15-25)21-24-8-12-27(13-9-24)36-26-10-6-23(7-11-26)20-30-37(34)35/h6-13,22,25,30H,4-5,14-21H2,1-3H3,(H,29,33)(H,34,35). The first-order valence-electron chi connectivity index (χ1n) is 13.3. The third-order valence-electron chi connectivity index (χ3n) is 6.56. The Morgan fingerprint density at radius 2 is 1.68 bits per heavy atom. The van der Waals surface area contributed by atoms with E-state index in [0.29, 0.717) is 24.3 Å². The number of ether oxygens (including phenoxy) is 1. The van der Waals surface area contributed by atoms with E-state index in [1.165, 1.54) is 5.56 Å². The summed E-state index contributed by atoms with van der Waals surface area (Å²) in [5.41, 5.74) is 2.14. The average molecular weight is 531 g/mol. The number of benzene rings is 2. The smallest absolute Gasteiger partial charge is 0.317 e. The largest absolute Gasteiger partial charge is 0.457 e. The van der Waals surface area contributed by atoms with Gasteiger partial charge in [0.2, 0.25) is 11.3 Å². The highest BCUT2D eigenvalue weighted by Crippen LogP contribution is 2.24. The number of rotatable bonds is 13. The van der Waals surface area contributed by atoms with Crippen LogP contribution in [-0.4, -0.2) is 56.8 Å². The number of nitrogens with zero attached hydrogens (tertiary/aromatic N) is 2. The summed E-state index contributed by atoms with van der Waals surface area (Å²) in [5.74, 6) is 1.93. The molecular weight excluding hydrogens is 488 g/mol. The maximum Gasteiger partial charge on any atom is 0.317 e. The average Bonchev–Trinajstić information content (AvgIpc) is 2.89. The van der Waals surface area contributed by atoms with Crippen LogP contribution in [0, 0.1) is 5.92 Å². The number of amides is 2. The highest BCUT2D eigenvalue weighted by atomic mass is 32.2. The van der Waals surface area contributed by atoms with Crippen LogP contribution in [0.15, 0.2) is 48.5 Å². The second kappa shape index (κ2) is 15.1. The van der Waals surface area contributed by atoms with E-state index in [4.69, 9.17) is 9.29 Å².